The fraction of sp³-hybridized carbons (Fsp3) is 0.286. The number of hydrogen-bond acceptors (Lipinski definition) is 8. The van der Waals surface area contributed by atoms with Gasteiger partial charge in [0.25, 0.3) is 15.9 Å². The molecule has 1 amide bonds. The van der Waals surface area contributed by atoms with E-state index >= 15 is 0 Å². The molecule has 1 aliphatic heterocycles. The van der Waals surface area contributed by atoms with Crippen LogP contribution in [-0.4, -0.2) is 70.6 Å². The summed E-state index contributed by atoms with van der Waals surface area (Å²) in [6.07, 6.45) is 0. The maximum absolute atomic E-state index is 12.6. The summed E-state index contributed by atoms with van der Waals surface area (Å²) in [7, 11) is -2.24. The van der Waals surface area contributed by atoms with Crippen molar-refractivity contribution in [1.82, 2.24) is 15.2 Å². The second-order valence-electron chi connectivity index (χ2n) is 9.48. The normalized spacial score (nSPS) is 14.3. The number of rotatable bonds is 9. The molecule has 1 aromatic heterocycles. The zero-order chi connectivity index (χ0) is 28.3. The Hall–Kier alpha value is -3.38. The van der Waals surface area contributed by atoms with Crippen molar-refractivity contribution >= 4 is 59.9 Å². The Morgan fingerprint density at radius 1 is 1.02 bits per heavy atom. The maximum Gasteiger partial charge on any atom is 0.261 e. The Morgan fingerprint density at radius 2 is 1.73 bits per heavy atom. The highest BCUT2D eigenvalue weighted by Gasteiger charge is 2.21. The SMILES string of the molecule is COc1ccc(S(=O)(=O)Nc2ccc(C(=O)NCCN3CCN(c4nc5c(C)ccc(Cl)c5s4)CC3)cc2)cc1. The average molecular weight is 600 g/mol. The van der Waals surface area contributed by atoms with Gasteiger partial charge in [0.05, 0.1) is 27.2 Å². The lowest BCUT2D eigenvalue weighted by molar-refractivity contribution is 0.0948. The monoisotopic (exact) mass is 599 g/mol. The van der Waals surface area contributed by atoms with Crippen LogP contribution in [0.15, 0.2) is 65.6 Å². The van der Waals surface area contributed by atoms with Crippen LogP contribution in [0.25, 0.3) is 10.2 Å². The van der Waals surface area contributed by atoms with Crippen molar-refractivity contribution in [3.8, 4) is 5.75 Å². The summed E-state index contributed by atoms with van der Waals surface area (Å²) < 4.78 is 33.9. The number of thiazole rings is 1. The van der Waals surface area contributed by atoms with Crippen LogP contribution in [0.4, 0.5) is 10.8 Å². The van der Waals surface area contributed by atoms with Crippen LogP contribution in [-0.2, 0) is 10.0 Å². The van der Waals surface area contributed by atoms with Gasteiger partial charge in [-0.2, -0.15) is 0 Å². The third-order valence-corrected chi connectivity index (χ3v) is 9.79. The summed E-state index contributed by atoms with van der Waals surface area (Å²) in [5.41, 5.74) is 2.93. The number of carbonyl (C=O) groups is 1. The van der Waals surface area contributed by atoms with E-state index in [-0.39, 0.29) is 10.8 Å². The Morgan fingerprint density at radius 3 is 2.38 bits per heavy atom. The van der Waals surface area contributed by atoms with Crippen molar-refractivity contribution in [2.24, 2.45) is 0 Å². The molecule has 0 aliphatic carbocycles. The molecule has 2 N–H and O–H groups in total. The molecule has 0 bridgehead atoms. The highest BCUT2D eigenvalue weighted by molar-refractivity contribution is 7.92. The van der Waals surface area contributed by atoms with Gasteiger partial charge in [-0.25, -0.2) is 13.4 Å². The summed E-state index contributed by atoms with van der Waals surface area (Å²) in [5.74, 6) is 0.367. The van der Waals surface area contributed by atoms with Crippen LogP contribution in [0.5, 0.6) is 5.75 Å². The number of methoxy groups -OCH3 is 1. The first kappa shape index (κ1) is 28.2. The Kier molecular flexibility index (Phi) is 8.46. The summed E-state index contributed by atoms with van der Waals surface area (Å²) in [4.78, 5) is 22.2. The molecule has 1 fully saturated rings. The second kappa shape index (κ2) is 12.0. The van der Waals surface area contributed by atoms with Gasteiger partial charge in [0, 0.05) is 50.5 Å². The highest BCUT2D eigenvalue weighted by Crippen LogP contribution is 2.35. The molecule has 210 valence electrons. The third-order valence-electron chi connectivity index (χ3n) is 6.81. The quantitative estimate of drug-likeness (QED) is 0.289. The molecule has 0 spiro atoms. The number of sulfonamides is 1. The lowest BCUT2D eigenvalue weighted by Gasteiger charge is -2.34. The van der Waals surface area contributed by atoms with Gasteiger partial charge in [-0.1, -0.05) is 29.0 Å². The van der Waals surface area contributed by atoms with Crippen LogP contribution in [0, 0.1) is 6.92 Å². The minimum absolute atomic E-state index is 0.121. The summed E-state index contributed by atoms with van der Waals surface area (Å²) in [6, 6.07) is 16.4. The van der Waals surface area contributed by atoms with Gasteiger partial charge >= 0.3 is 0 Å². The number of carbonyl (C=O) groups excluding carboxylic acids is 1. The zero-order valence-corrected chi connectivity index (χ0v) is 24.6. The lowest BCUT2D eigenvalue weighted by atomic mass is 10.2. The minimum Gasteiger partial charge on any atom is -0.497 e. The first-order valence-electron chi connectivity index (χ1n) is 12.8. The number of piperazine rings is 1. The van der Waals surface area contributed by atoms with Gasteiger partial charge in [0.2, 0.25) is 0 Å². The minimum atomic E-state index is -3.75. The first-order chi connectivity index (χ1) is 19.2. The smallest absolute Gasteiger partial charge is 0.261 e. The van der Waals surface area contributed by atoms with Crippen molar-refractivity contribution in [3.63, 3.8) is 0 Å². The molecule has 0 unspecified atom stereocenters. The topological polar surface area (TPSA) is 104 Å². The van der Waals surface area contributed by atoms with E-state index in [4.69, 9.17) is 21.3 Å². The van der Waals surface area contributed by atoms with Crippen LogP contribution in [0.2, 0.25) is 5.02 Å². The van der Waals surface area contributed by atoms with Crippen LogP contribution in [0.3, 0.4) is 0 Å². The Balaban J connectivity index is 1.08. The number of benzene rings is 3. The molecule has 1 saturated heterocycles. The number of aromatic nitrogens is 1. The van der Waals surface area contributed by atoms with Crippen LogP contribution < -0.4 is 19.7 Å². The van der Waals surface area contributed by atoms with E-state index < -0.39 is 10.0 Å². The highest BCUT2D eigenvalue weighted by atomic mass is 35.5. The molecule has 1 aliphatic rings. The van der Waals surface area contributed by atoms with Crippen molar-refractivity contribution < 1.29 is 17.9 Å². The molecule has 4 aromatic rings. The maximum atomic E-state index is 12.6. The number of ether oxygens (including phenoxy) is 1. The molecule has 40 heavy (non-hydrogen) atoms. The third kappa shape index (κ3) is 6.33. The number of aryl methyl sites for hydroxylation is 1. The average Bonchev–Trinajstić information content (AvgIpc) is 3.43. The first-order valence-corrected chi connectivity index (χ1v) is 15.5. The molecular weight excluding hydrogens is 570 g/mol. The Labute approximate surface area is 242 Å². The van der Waals surface area contributed by atoms with Gasteiger partial charge < -0.3 is 15.0 Å². The van der Waals surface area contributed by atoms with Gasteiger partial charge in [0.15, 0.2) is 5.13 Å². The summed E-state index contributed by atoms with van der Waals surface area (Å²) in [6.45, 7) is 6.78. The van der Waals surface area contributed by atoms with Gasteiger partial charge in [-0.15, -0.1) is 0 Å². The summed E-state index contributed by atoms with van der Waals surface area (Å²) in [5, 5.41) is 4.69. The second-order valence-corrected chi connectivity index (χ2v) is 12.5. The molecular formula is C28H30ClN5O4S2. The summed E-state index contributed by atoms with van der Waals surface area (Å²) >= 11 is 8.01. The van der Waals surface area contributed by atoms with Crippen molar-refractivity contribution in [3.05, 3.63) is 76.8 Å². The van der Waals surface area contributed by atoms with Gasteiger partial charge in [-0.05, 0) is 67.1 Å². The van der Waals surface area contributed by atoms with Gasteiger partial charge in [-0.3, -0.25) is 14.4 Å². The van der Waals surface area contributed by atoms with Crippen molar-refractivity contribution in [2.75, 3.05) is 56.0 Å². The largest absolute Gasteiger partial charge is 0.497 e. The van der Waals surface area contributed by atoms with E-state index in [2.05, 4.69) is 19.8 Å². The molecule has 0 atom stereocenters. The van der Waals surface area contributed by atoms with E-state index in [1.165, 1.54) is 19.2 Å². The van der Waals surface area contributed by atoms with Crippen molar-refractivity contribution in [1.29, 1.82) is 0 Å². The molecule has 12 heteroatoms. The van der Waals surface area contributed by atoms with Gasteiger partial charge in [0.1, 0.15) is 5.75 Å². The number of anilines is 2. The fourth-order valence-corrected chi connectivity index (χ4v) is 6.90. The van der Waals surface area contributed by atoms with Crippen LogP contribution in [0.1, 0.15) is 15.9 Å². The number of fused-ring (bicyclic) bond motifs is 1. The molecule has 9 nitrogen and oxygen atoms in total. The molecule has 5 rings (SSSR count). The molecule has 0 saturated carbocycles. The standard InChI is InChI=1S/C28H30ClN5O4S2/c1-19-3-12-24(29)26-25(19)31-28(39-26)34-17-15-33(16-18-34)14-13-30-27(35)20-4-6-21(7-5-20)32-40(36,37)23-10-8-22(38-2)9-11-23/h3-12,32H,13-18H2,1-2H3,(H,30,35). The molecule has 3 aromatic carbocycles. The predicted molar refractivity (Wildman–Crippen MR) is 161 cm³/mol. The number of nitrogens with zero attached hydrogens (tertiary/aromatic N) is 3. The lowest BCUT2D eigenvalue weighted by Crippen LogP contribution is -2.48. The molecule has 0 radical (unpaired) electrons. The number of nitrogens with one attached hydrogen (secondary N) is 2. The number of hydrogen-bond donors (Lipinski definition) is 2. The fourth-order valence-electron chi connectivity index (χ4n) is 4.48. The van der Waals surface area contributed by atoms with E-state index in [9.17, 15) is 13.2 Å². The predicted octanol–water partition coefficient (Wildman–Crippen LogP) is 4.62. The van der Waals surface area contributed by atoms with Crippen LogP contribution >= 0.6 is 22.9 Å². The Bertz CT molecular complexity index is 1560. The molecule has 2 heterocycles. The van der Waals surface area contributed by atoms with E-state index in [1.54, 1.807) is 47.7 Å². The number of amides is 1. The van der Waals surface area contributed by atoms with E-state index in [0.717, 1.165) is 58.7 Å². The number of halogens is 1. The zero-order valence-electron chi connectivity index (χ0n) is 22.2. The van der Waals surface area contributed by atoms with E-state index in [1.807, 2.05) is 19.1 Å². The van der Waals surface area contributed by atoms with E-state index in [0.29, 0.717) is 23.5 Å². The van der Waals surface area contributed by atoms with Crippen molar-refractivity contribution in [2.45, 2.75) is 11.8 Å².